The van der Waals surface area contributed by atoms with Gasteiger partial charge in [0.05, 0.1) is 18.2 Å². The predicted molar refractivity (Wildman–Crippen MR) is 35.4 cm³/mol. The molecule has 1 aromatic rings. The molecule has 1 rings (SSSR count). The van der Waals surface area contributed by atoms with Gasteiger partial charge < -0.3 is 4.98 Å². The number of aromatic nitrogens is 2. The van der Waals surface area contributed by atoms with E-state index in [2.05, 4.69) is 9.97 Å². The Balaban J connectivity index is 0.000000640. The Morgan fingerprint density at radius 2 is 2.75 bits per heavy atom. The summed E-state index contributed by atoms with van der Waals surface area (Å²) >= 11 is 0. The standard InChI is InChI=1S/C6H8N2.H2/c1-2-3-6-4-7-5-8-6;/h2-5H,1H3,(H,7,8);1H/b3-2+;. The Kier molecular flexibility index (Phi) is 1.47. The summed E-state index contributed by atoms with van der Waals surface area (Å²) in [7, 11) is 0. The minimum Gasteiger partial charge on any atom is -0.345 e. The van der Waals surface area contributed by atoms with Gasteiger partial charge in [0.15, 0.2) is 0 Å². The zero-order chi connectivity index (χ0) is 5.82. The molecule has 0 aliphatic heterocycles. The molecule has 0 radical (unpaired) electrons. The SMILES string of the molecule is C/C=C/c1cnc[nH]1.[HH]. The molecule has 0 fully saturated rings. The fraction of sp³-hybridized carbons (Fsp3) is 0.167. The lowest BCUT2D eigenvalue weighted by Crippen LogP contribution is -1.63. The maximum absolute atomic E-state index is 3.83. The Labute approximate surface area is 49.8 Å². The zero-order valence-corrected chi connectivity index (χ0v) is 4.76. The lowest BCUT2D eigenvalue weighted by atomic mass is 10.4. The number of allylic oxidation sites excluding steroid dienone is 1. The number of hydrogen-bond acceptors (Lipinski definition) is 1. The van der Waals surface area contributed by atoms with E-state index in [9.17, 15) is 0 Å². The monoisotopic (exact) mass is 110 g/mol. The molecule has 1 heterocycles. The van der Waals surface area contributed by atoms with E-state index in [1.165, 1.54) is 0 Å². The predicted octanol–water partition coefficient (Wildman–Crippen LogP) is 1.69. The summed E-state index contributed by atoms with van der Waals surface area (Å²) in [6.07, 6.45) is 7.37. The lowest BCUT2D eigenvalue weighted by Gasteiger charge is -1.75. The first-order chi connectivity index (χ1) is 3.93. The Hall–Kier alpha value is -1.05. The van der Waals surface area contributed by atoms with Crippen molar-refractivity contribution in [1.82, 2.24) is 9.97 Å². The van der Waals surface area contributed by atoms with Gasteiger partial charge in [-0.05, 0) is 13.0 Å². The van der Waals surface area contributed by atoms with Crippen LogP contribution < -0.4 is 0 Å². The number of imidazole rings is 1. The lowest BCUT2D eigenvalue weighted by molar-refractivity contribution is 1.31. The summed E-state index contributed by atoms with van der Waals surface area (Å²) in [6, 6.07) is 0. The largest absolute Gasteiger partial charge is 0.345 e. The highest BCUT2D eigenvalue weighted by atomic mass is 14.8. The molecule has 0 aliphatic rings. The van der Waals surface area contributed by atoms with Crippen molar-refractivity contribution >= 4 is 6.08 Å². The molecular weight excluding hydrogens is 100 g/mol. The molecule has 1 aromatic heterocycles. The Morgan fingerprint density at radius 3 is 3.25 bits per heavy atom. The molecule has 8 heavy (non-hydrogen) atoms. The maximum Gasteiger partial charge on any atom is 0.0924 e. The average molecular weight is 110 g/mol. The number of rotatable bonds is 1. The molecule has 0 aliphatic carbocycles. The number of aromatic amines is 1. The highest BCUT2D eigenvalue weighted by Gasteiger charge is 1.79. The zero-order valence-electron chi connectivity index (χ0n) is 4.76. The molecule has 0 unspecified atom stereocenters. The van der Waals surface area contributed by atoms with Gasteiger partial charge in [0.25, 0.3) is 0 Å². The van der Waals surface area contributed by atoms with E-state index in [1.54, 1.807) is 12.5 Å². The van der Waals surface area contributed by atoms with Crippen molar-refractivity contribution < 1.29 is 1.43 Å². The summed E-state index contributed by atoms with van der Waals surface area (Å²) < 4.78 is 0. The molecule has 0 saturated carbocycles. The van der Waals surface area contributed by atoms with E-state index in [-0.39, 0.29) is 1.43 Å². The molecule has 44 valence electrons. The quantitative estimate of drug-likeness (QED) is 0.585. The second-order valence-corrected chi connectivity index (χ2v) is 1.51. The number of nitrogens with zero attached hydrogens (tertiary/aromatic N) is 1. The summed E-state index contributed by atoms with van der Waals surface area (Å²) in [5, 5.41) is 0. The van der Waals surface area contributed by atoms with Gasteiger partial charge in [-0.2, -0.15) is 0 Å². The molecule has 1 N–H and O–H groups in total. The van der Waals surface area contributed by atoms with Crippen LogP contribution in [0.1, 0.15) is 14.0 Å². The summed E-state index contributed by atoms with van der Waals surface area (Å²) in [5.74, 6) is 0. The van der Waals surface area contributed by atoms with Crippen molar-refractivity contribution in [3.8, 4) is 0 Å². The molecule has 0 aromatic carbocycles. The van der Waals surface area contributed by atoms with Crippen LogP contribution in [0.4, 0.5) is 0 Å². The van der Waals surface area contributed by atoms with Crippen molar-refractivity contribution in [3.05, 3.63) is 24.3 Å². The first-order valence-electron chi connectivity index (χ1n) is 2.54. The number of H-pyrrole nitrogens is 1. The van der Waals surface area contributed by atoms with Crippen LogP contribution in [-0.2, 0) is 0 Å². The van der Waals surface area contributed by atoms with Gasteiger partial charge in [-0.25, -0.2) is 4.98 Å². The Bertz CT molecular complexity index is 167. The minimum absolute atomic E-state index is 0. The molecule has 2 heteroatoms. The van der Waals surface area contributed by atoms with Gasteiger partial charge in [0.2, 0.25) is 0 Å². The molecule has 0 saturated heterocycles. The van der Waals surface area contributed by atoms with Crippen molar-refractivity contribution in [1.29, 1.82) is 0 Å². The van der Waals surface area contributed by atoms with Crippen LogP contribution in [0, 0.1) is 0 Å². The summed E-state index contributed by atoms with van der Waals surface area (Å²) in [4.78, 5) is 6.77. The third-order valence-electron chi connectivity index (χ3n) is 0.866. The van der Waals surface area contributed by atoms with Crippen molar-refractivity contribution in [3.63, 3.8) is 0 Å². The molecule has 2 nitrogen and oxygen atoms in total. The van der Waals surface area contributed by atoms with Gasteiger partial charge >= 0.3 is 0 Å². The van der Waals surface area contributed by atoms with Gasteiger partial charge in [-0.15, -0.1) is 0 Å². The fourth-order valence-electron chi connectivity index (χ4n) is 0.537. The second-order valence-electron chi connectivity index (χ2n) is 1.51. The van der Waals surface area contributed by atoms with Crippen LogP contribution >= 0.6 is 0 Å². The smallest absolute Gasteiger partial charge is 0.0924 e. The van der Waals surface area contributed by atoms with E-state index < -0.39 is 0 Å². The normalized spacial score (nSPS) is 10.6. The third kappa shape index (κ3) is 0.964. The fourth-order valence-corrected chi connectivity index (χ4v) is 0.537. The van der Waals surface area contributed by atoms with Crippen LogP contribution in [0.5, 0.6) is 0 Å². The van der Waals surface area contributed by atoms with Crippen LogP contribution in [0.15, 0.2) is 18.6 Å². The van der Waals surface area contributed by atoms with Crippen LogP contribution in [0.3, 0.4) is 0 Å². The molecule has 0 bridgehead atoms. The van der Waals surface area contributed by atoms with Crippen molar-refractivity contribution in [2.75, 3.05) is 0 Å². The van der Waals surface area contributed by atoms with Crippen LogP contribution in [-0.4, -0.2) is 9.97 Å². The molecule has 0 amide bonds. The topological polar surface area (TPSA) is 28.7 Å². The molecule has 0 spiro atoms. The van der Waals surface area contributed by atoms with Gasteiger partial charge in [-0.1, -0.05) is 6.08 Å². The van der Waals surface area contributed by atoms with E-state index in [4.69, 9.17) is 0 Å². The van der Waals surface area contributed by atoms with Crippen LogP contribution in [0.25, 0.3) is 6.08 Å². The van der Waals surface area contributed by atoms with Crippen LogP contribution in [0.2, 0.25) is 0 Å². The van der Waals surface area contributed by atoms with Crippen molar-refractivity contribution in [2.24, 2.45) is 0 Å². The number of hydrogen-bond donors (Lipinski definition) is 1. The molecular formula is C6H10N2. The highest BCUT2D eigenvalue weighted by molar-refractivity contribution is 5.41. The maximum atomic E-state index is 3.83. The minimum atomic E-state index is 0. The average Bonchev–Trinajstić information content (AvgIpc) is 2.19. The van der Waals surface area contributed by atoms with E-state index in [0.717, 1.165) is 5.69 Å². The summed E-state index contributed by atoms with van der Waals surface area (Å²) in [5.41, 5.74) is 1.05. The van der Waals surface area contributed by atoms with E-state index in [1.807, 2.05) is 19.1 Å². The van der Waals surface area contributed by atoms with E-state index in [0.29, 0.717) is 0 Å². The number of nitrogens with one attached hydrogen (secondary N) is 1. The van der Waals surface area contributed by atoms with Gasteiger partial charge in [0, 0.05) is 1.43 Å². The first-order valence-corrected chi connectivity index (χ1v) is 2.54. The van der Waals surface area contributed by atoms with Crippen molar-refractivity contribution in [2.45, 2.75) is 6.92 Å². The summed E-state index contributed by atoms with van der Waals surface area (Å²) in [6.45, 7) is 1.97. The first kappa shape index (κ1) is 5.09. The van der Waals surface area contributed by atoms with Gasteiger partial charge in [0.1, 0.15) is 0 Å². The highest BCUT2D eigenvalue weighted by Crippen LogP contribution is 1.91. The second kappa shape index (κ2) is 2.31. The van der Waals surface area contributed by atoms with Gasteiger partial charge in [-0.3, -0.25) is 0 Å². The Morgan fingerprint density at radius 1 is 1.88 bits per heavy atom. The third-order valence-corrected chi connectivity index (χ3v) is 0.866. The molecule has 0 atom stereocenters. The van der Waals surface area contributed by atoms with E-state index >= 15 is 0 Å².